The molecule has 0 saturated carbocycles. The van der Waals surface area contributed by atoms with E-state index in [4.69, 9.17) is 5.73 Å². The largest absolute Gasteiger partial charge is 0.508 e. The highest BCUT2D eigenvalue weighted by molar-refractivity contribution is 5.97. The molecular weight excluding hydrogens is 378 g/mol. The first kappa shape index (κ1) is 20.4. The van der Waals surface area contributed by atoms with Gasteiger partial charge in [0.2, 0.25) is 5.91 Å². The summed E-state index contributed by atoms with van der Waals surface area (Å²) >= 11 is 0. The normalized spacial score (nSPS) is 25.4. The van der Waals surface area contributed by atoms with Gasteiger partial charge in [0.25, 0.3) is 5.91 Å². The summed E-state index contributed by atoms with van der Waals surface area (Å²) in [6.07, 6.45) is 2.81. The summed E-state index contributed by atoms with van der Waals surface area (Å²) < 4.78 is 0. The molecule has 4 rings (SSSR count). The number of carbonyl (C=O) groups is 2. The molecule has 0 radical (unpaired) electrons. The van der Waals surface area contributed by atoms with Crippen LogP contribution in [0.2, 0.25) is 0 Å². The lowest BCUT2D eigenvalue weighted by molar-refractivity contribution is 0.0358. The second-order valence-electron chi connectivity index (χ2n) is 8.74. The number of likely N-dealkylation sites (N-methyl/N-ethyl adjacent to an activating group) is 1. The smallest absolute Gasteiger partial charge is 0.251 e. The van der Waals surface area contributed by atoms with Crippen molar-refractivity contribution in [2.75, 3.05) is 20.1 Å². The minimum absolute atomic E-state index is 0.0629. The molecule has 6 heteroatoms. The van der Waals surface area contributed by atoms with Gasteiger partial charge in [-0.15, -0.1) is 0 Å². The van der Waals surface area contributed by atoms with Crippen molar-refractivity contribution < 1.29 is 14.7 Å². The predicted octanol–water partition coefficient (Wildman–Crippen LogP) is 2.45. The van der Waals surface area contributed by atoms with Crippen LogP contribution < -0.4 is 11.1 Å². The number of benzene rings is 2. The molecule has 4 N–H and O–H groups in total. The van der Waals surface area contributed by atoms with E-state index in [0.29, 0.717) is 35.4 Å². The first-order chi connectivity index (χ1) is 14.3. The second kappa shape index (κ2) is 7.76. The number of nitrogens with zero attached hydrogens (tertiary/aromatic N) is 1. The molecule has 1 aliphatic heterocycles. The summed E-state index contributed by atoms with van der Waals surface area (Å²) in [5.74, 6) is 0.0613. The van der Waals surface area contributed by atoms with Gasteiger partial charge >= 0.3 is 0 Å². The molecule has 0 unspecified atom stereocenters. The summed E-state index contributed by atoms with van der Waals surface area (Å²) in [5, 5.41) is 13.2. The first-order valence-electron chi connectivity index (χ1n) is 10.5. The standard InChI is InChI=1S/C24H29N3O3/c1-15-21-13-18-7-8-19(28)14-20(18)24(15,10-12-27(21)2)9-11-26-23(30)17-5-3-16(4-6-17)22(25)29/h3-8,14-15,21,28H,9-13H2,1-2H3,(H2,25,29)(H,26,30)/t15-,21+,24+/m0/s1. The molecule has 2 bridgehead atoms. The SMILES string of the molecule is C[C@H]1[C@H]2Cc3ccc(O)cc3[C@]1(CCNC(=O)c1ccc(C(N)=O)cc1)CCN2C. The van der Waals surface area contributed by atoms with Crippen LogP contribution >= 0.6 is 0 Å². The summed E-state index contributed by atoms with van der Waals surface area (Å²) in [7, 11) is 2.19. The molecule has 0 aromatic heterocycles. The Morgan fingerprint density at radius 1 is 1.20 bits per heavy atom. The molecule has 1 fully saturated rings. The Balaban J connectivity index is 1.52. The Hall–Kier alpha value is -2.86. The fraction of sp³-hybridized carbons (Fsp3) is 0.417. The maximum atomic E-state index is 12.6. The van der Waals surface area contributed by atoms with E-state index in [9.17, 15) is 14.7 Å². The number of carbonyl (C=O) groups excluding carboxylic acids is 2. The van der Waals surface area contributed by atoms with Crippen LogP contribution in [0.15, 0.2) is 42.5 Å². The van der Waals surface area contributed by atoms with E-state index in [-0.39, 0.29) is 11.3 Å². The highest BCUT2D eigenvalue weighted by Gasteiger charge is 2.50. The third kappa shape index (κ3) is 3.45. The molecule has 2 aromatic rings. The maximum Gasteiger partial charge on any atom is 0.251 e. The lowest BCUT2D eigenvalue weighted by Gasteiger charge is -2.55. The van der Waals surface area contributed by atoms with Gasteiger partial charge in [-0.3, -0.25) is 9.59 Å². The van der Waals surface area contributed by atoms with Crippen molar-refractivity contribution in [2.45, 2.75) is 37.6 Å². The van der Waals surface area contributed by atoms with Crippen LogP contribution in [-0.4, -0.2) is 48.0 Å². The molecule has 1 heterocycles. The number of nitrogens with two attached hydrogens (primary N) is 1. The average Bonchev–Trinajstić information content (AvgIpc) is 2.73. The minimum atomic E-state index is -0.508. The van der Waals surface area contributed by atoms with Gasteiger partial charge in [-0.1, -0.05) is 13.0 Å². The molecule has 0 spiro atoms. The summed E-state index contributed by atoms with van der Waals surface area (Å²) in [6.45, 7) is 3.86. The molecule has 30 heavy (non-hydrogen) atoms. The van der Waals surface area contributed by atoms with Gasteiger partial charge in [0.05, 0.1) is 0 Å². The molecule has 1 saturated heterocycles. The zero-order chi connectivity index (χ0) is 21.5. The number of piperidine rings is 1. The molecule has 2 aromatic carbocycles. The van der Waals surface area contributed by atoms with E-state index in [0.717, 1.165) is 25.8 Å². The number of amides is 2. The number of fused-ring (bicyclic) bond motifs is 4. The van der Waals surface area contributed by atoms with Gasteiger partial charge in [0.1, 0.15) is 5.75 Å². The lowest BCUT2D eigenvalue weighted by Crippen LogP contribution is -2.58. The molecule has 3 atom stereocenters. The molecule has 2 aliphatic rings. The van der Waals surface area contributed by atoms with E-state index >= 15 is 0 Å². The van der Waals surface area contributed by atoms with Gasteiger partial charge in [0.15, 0.2) is 0 Å². The number of hydrogen-bond acceptors (Lipinski definition) is 4. The number of phenolic OH excluding ortho intramolecular Hbond substituents is 1. The zero-order valence-corrected chi connectivity index (χ0v) is 17.5. The predicted molar refractivity (Wildman–Crippen MR) is 116 cm³/mol. The Morgan fingerprint density at radius 3 is 2.60 bits per heavy atom. The van der Waals surface area contributed by atoms with Gasteiger partial charge in [0, 0.05) is 29.1 Å². The highest BCUT2D eigenvalue weighted by Crippen LogP contribution is 2.51. The van der Waals surface area contributed by atoms with Crippen LogP contribution in [0, 0.1) is 5.92 Å². The van der Waals surface area contributed by atoms with E-state index in [2.05, 4.69) is 30.3 Å². The number of aromatic hydroxyl groups is 1. The lowest BCUT2D eigenvalue weighted by atomic mass is 9.56. The maximum absolute atomic E-state index is 12.6. The molecule has 2 amide bonds. The molecule has 1 aliphatic carbocycles. The quantitative estimate of drug-likeness (QED) is 0.709. The summed E-state index contributed by atoms with van der Waals surface area (Å²) in [5.41, 5.74) is 8.63. The van der Waals surface area contributed by atoms with Crippen LogP contribution in [0.3, 0.4) is 0 Å². The Labute approximate surface area is 177 Å². The third-order valence-corrected chi connectivity index (χ3v) is 7.27. The Kier molecular flexibility index (Phi) is 5.28. The van der Waals surface area contributed by atoms with Crippen molar-refractivity contribution in [3.05, 3.63) is 64.7 Å². The second-order valence-corrected chi connectivity index (χ2v) is 8.74. The average molecular weight is 408 g/mol. The van der Waals surface area contributed by atoms with E-state index in [1.54, 1.807) is 30.3 Å². The van der Waals surface area contributed by atoms with Gasteiger partial charge < -0.3 is 21.1 Å². The zero-order valence-electron chi connectivity index (χ0n) is 17.5. The van der Waals surface area contributed by atoms with Crippen molar-refractivity contribution in [2.24, 2.45) is 11.7 Å². The monoisotopic (exact) mass is 407 g/mol. The van der Waals surface area contributed by atoms with E-state index in [1.165, 1.54) is 11.1 Å². The third-order valence-electron chi connectivity index (χ3n) is 7.27. The van der Waals surface area contributed by atoms with E-state index in [1.807, 2.05) is 6.07 Å². The van der Waals surface area contributed by atoms with Gasteiger partial charge in [-0.05, 0) is 86.3 Å². The van der Waals surface area contributed by atoms with E-state index < -0.39 is 5.91 Å². The first-order valence-corrected chi connectivity index (χ1v) is 10.5. The van der Waals surface area contributed by atoms with Crippen molar-refractivity contribution >= 4 is 11.8 Å². The fourth-order valence-corrected chi connectivity index (χ4v) is 5.44. The minimum Gasteiger partial charge on any atom is -0.508 e. The van der Waals surface area contributed by atoms with Crippen molar-refractivity contribution in [1.29, 1.82) is 0 Å². The van der Waals surface area contributed by atoms with Gasteiger partial charge in [-0.2, -0.15) is 0 Å². The highest BCUT2D eigenvalue weighted by atomic mass is 16.3. The Bertz CT molecular complexity index is 972. The van der Waals surface area contributed by atoms with Crippen molar-refractivity contribution in [1.82, 2.24) is 10.2 Å². The number of primary amides is 1. The molecule has 6 nitrogen and oxygen atoms in total. The number of likely N-dealkylation sites (tertiary alicyclic amines) is 1. The number of phenols is 1. The number of rotatable bonds is 5. The Morgan fingerprint density at radius 2 is 1.90 bits per heavy atom. The molecular formula is C24H29N3O3. The summed E-state index contributed by atoms with van der Waals surface area (Å²) in [6, 6.07) is 12.6. The van der Waals surface area contributed by atoms with Crippen LogP contribution in [0.5, 0.6) is 5.75 Å². The number of nitrogens with one attached hydrogen (secondary N) is 1. The van der Waals surface area contributed by atoms with Crippen molar-refractivity contribution in [3.8, 4) is 5.75 Å². The van der Waals surface area contributed by atoms with Gasteiger partial charge in [-0.25, -0.2) is 0 Å². The molecule has 158 valence electrons. The number of hydrogen-bond donors (Lipinski definition) is 3. The fourth-order valence-electron chi connectivity index (χ4n) is 5.44. The summed E-state index contributed by atoms with van der Waals surface area (Å²) in [4.78, 5) is 26.2. The van der Waals surface area contributed by atoms with Crippen LogP contribution in [0.1, 0.15) is 51.6 Å². The van der Waals surface area contributed by atoms with Crippen molar-refractivity contribution in [3.63, 3.8) is 0 Å². The van der Waals surface area contributed by atoms with Crippen LogP contribution in [0.25, 0.3) is 0 Å². The van der Waals surface area contributed by atoms with Crippen LogP contribution in [-0.2, 0) is 11.8 Å². The van der Waals surface area contributed by atoms with Crippen LogP contribution in [0.4, 0.5) is 0 Å². The topological polar surface area (TPSA) is 95.7 Å².